The van der Waals surface area contributed by atoms with E-state index < -0.39 is 16.7 Å². The maximum absolute atomic E-state index is 12.0. The van der Waals surface area contributed by atoms with Crippen LogP contribution in [0.25, 0.3) is 0 Å². The number of nitrogens with one attached hydrogen (secondary N) is 2. The van der Waals surface area contributed by atoms with Gasteiger partial charge in [0.2, 0.25) is 0 Å². The Hall–Kier alpha value is -3.30. The van der Waals surface area contributed by atoms with E-state index in [-0.39, 0.29) is 5.69 Å². The normalized spacial score (nSPS) is 14.7. The molecule has 164 valence electrons. The topological polar surface area (TPSA) is 108 Å². The van der Waals surface area contributed by atoms with Gasteiger partial charge in [-0.15, -0.1) is 0 Å². The summed E-state index contributed by atoms with van der Waals surface area (Å²) in [4.78, 5) is 38.8. The van der Waals surface area contributed by atoms with Gasteiger partial charge in [-0.1, -0.05) is 29.8 Å². The number of carbonyl (C=O) groups is 2. The van der Waals surface area contributed by atoms with E-state index in [0.717, 1.165) is 43.9 Å². The molecule has 0 bridgehead atoms. The van der Waals surface area contributed by atoms with E-state index in [2.05, 4.69) is 20.4 Å². The summed E-state index contributed by atoms with van der Waals surface area (Å²) in [5.74, 6) is -1.31. The minimum atomic E-state index is -0.670. The predicted octanol–water partition coefficient (Wildman–Crippen LogP) is 1.78. The molecule has 0 unspecified atom stereocenters. The third-order valence-corrected chi connectivity index (χ3v) is 5.25. The number of carbonyl (C=O) groups excluding carboxylic acids is 2. The summed E-state index contributed by atoms with van der Waals surface area (Å²) in [6.45, 7) is 7.25. The van der Waals surface area contributed by atoms with Crippen molar-refractivity contribution in [2.24, 2.45) is 0 Å². The second kappa shape index (κ2) is 10.6. The number of amides is 2. The summed E-state index contributed by atoms with van der Waals surface area (Å²) < 4.78 is 0. The number of nitrogens with zero attached hydrogens (tertiary/aromatic N) is 3. The fraction of sp³-hybridized carbons (Fsp3) is 0.364. The van der Waals surface area contributed by atoms with Crippen molar-refractivity contribution in [2.45, 2.75) is 13.5 Å². The maximum Gasteiger partial charge on any atom is 0.313 e. The van der Waals surface area contributed by atoms with E-state index in [1.807, 2.05) is 19.1 Å². The van der Waals surface area contributed by atoms with Crippen LogP contribution in [0.3, 0.4) is 0 Å². The first kappa shape index (κ1) is 22.4. The Labute approximate surface area is 181 Å². The summed E-state index contributed by atoms with van der Waals surface area (Å²) in [6, 6.07) is 13.9. The second-order valence-electron chi connectivity index (χ2n) is 7.62. The van der Waals surface area contributed by atoms with Crippen LogP contribution in [0.4, 0.5) is 11.4 Å². The van der Waals surface area contributed by atoms with Crippen LogP contribution in [-0.2, 0) is 16.1 Å². The molecule has 0 atom stereocenters. The van der Waals surface area contributed by atoms with Crippen molar-refractivity contribution in [2.75, 3.05) is 44.6 Å². The molecule has 3 rings (SSSR count). The number of aryl methyl sites for hydroxylation is 1. The van der Waals surface area contributed by atoms with Crippen LogP contribution >= 0.6 is 0 Å². The van der Waals surface area contributed by atoms with Gasteiger partial charge in [-0.05, 0) is 24.6 Å². The lowest BCUT2D eigenvalue weighted by molar-refractivity contribution is -0.384. The monoisotopic (exact) mass is 425 g/mol. The van der Waals surface area contributed by atoms with Crippen molar-refractivity contribution in [3.8, 4) is 0 Å². The highest BCUT2D eigenvalue weighted by molar-refractivity contribution is 6.39. The largest absolute Gasteiger partial charge is 0.347 e. The summed E-state index contributed by atoms with van der Waals surface area (Å²) >= 11 is 0. The van der Waals surface area contributed by atoms with Crippen molar-refractivity contribution >= 4 is 23.2 Å². The van der Waals surface area contributed by atoms with E-state index in [9.17, 15) is 19.7 Å². The van der Waals surface area contributed by atoms with E-state index in [1.165, 1.54) is 12.1 Å². The van der Waals surface area contributed by atoms with E-state index >= 15 is 0 Å². The van der Waals surface area contributed by atoms with Gasteiger partial charge in [-0.25, -0.2) is 0 Å². The van der Waals surface area contributed by atoms with Gasteiger partial charge in [-0.2, -0.15) is 0 Å². The van der Waals surface area contributed by atoms with Crippen molar-refractivity contribution < 1.29 is 14.5 Å². The minimum absolute atomic E-state index is 0.100. The van der Waals surface area contributed by atoms with Gasteiger partial charge in [0, 0.05) is 63.6 Å². The molecule has 1 heterocycles. The van der Waals surface area contributed by atoms with Gasteiger partial charge in [0.1, 0.15) is 0 Å². The third kappa shape index (κ3) is 6.87. The Balaban J connectivity index is 1.33. The zero-order valence-electron chi connectivity index (χ0n) is 17.5. The Kier molecular flexibility index (Phi) is 7.69. The van der Waals surface area contributed by atoms with Crippen LogP contribution in [0.1, 0.15) is 11.1 Å². The van der Waals surface area contributed by atoms with Gasteiger partial charge < -0.3 is 10.6 Å². The molecule has 1 aliphatic heterocycles. The Morgan fingerprint density at radius 2 is 1.55 bits per heavy atom. The number of nitro benzene ring substituents is 1. The van der Waals surface area contributed by atoms with Crippen LogP contribution in [0.2, 0.25) is 0 Å². The third-order valence-electron chi connectivity index (χ3n) is 5.25. The highest BCUT2D eigenvalue weighted by Gasteiger charge is 2.18. The van der Waals surface area contributed by atoms with E-state index in [0.29, 0.717) is 18.8 Å². The number of non-ortho nitro benzene ring substituents is 1. The van der Waals surface area contributed by atoms with Crippen molar-refractivity contribution in [1.82, 2.24) is 15.1 Å². The number of hydrogen-bond acceptors (Lipinski definition) is 6. The van der Waals surface area contributed by atoms with Crippen molar-refractivity contribution in [3.63, 3.8) is 0 Å². The second-order valence-corrected chi connectivity index (χ2v) is 7.62. The van der Waals surface area contributed by atoms with Gasteiger partial charge >= 0.3 is 11.8 Å². The van der Waals surface area contributed by atoms with E-state index in [1.54, 1.807) is 24.3 Å². The van der Waals surface area contributed by atoms with Crippen LogP contribution in [0, 0.1) is 17.0 Å². The molecule has 1 fully saturated rings. The number of piperazine rings is 1. The van der Waals surface area contributed by atoms with E-state index in [4.69, 9.17) is 0 Å². The van der Waals surface area contributed by atoms with Gasteiger partial charge in [0.05, 0.1) is 4.92 Å². The molecular formula is C22H27N5O4. The summed E-state index contributed by atoms with van der Waals surface area (Å²) in [7, 11) is 0. The highest BCUT2D eigenvalue weighted by Crippen LogP contribution is 2.14. The average molecular weight is 425 g/mol. The molecule has 1 saturated heterocycles. The number of hydrogen-bond donors (Lipinski definition) is 2. The van der Waals surface area contributed by atoms with Crippen LogP contribution in [0.5, 0.6) is 0 Å². The summed E-state index contributed by atoms with van der Waals surface area (Å²) in [5, 5.41) is 16.0. The zero-order valence-corrected chi connectivity index (χ0v) is 17.5. The Bertz CT molecular complexity index is 907. The molecule has 9 nitrogen and oxygen atoms in total. The van der Waals surface area contributed by atoms with Gasteiger partial charge in [0.15, 0.2) is 0 Å². The minimum Gasteiger partial charge on any atom is -0.347 e. The molecule has 31 heavy (non-hydrogen) atoms. The Morgan fingerprint density at radius 3 is 2.16 bits per heavy atom. The Morgan fingerprint density at radius 1 is 0.935 bits per heavy atom. The highest BCUT2D eigenvalue weighted by atomic mass is 16.6. The molecule has 0 aromatic heterocycles. The molecular weight excluding hydrogens is 398 g/mol. The SMILES string of the molecule is Cc1ccc(NC(=O)C(=O)NCCN2CCN(Cc3ccc([N+](=O)[O-])cc3)CC2)cc1. The zero-order chi connectivity index (χ0) is 22.2. The quantitative estimate of drug-likeness (QED) is 0.398. The summed E-state index contributed by atoms with van der Waals surface area (Å²) in [6.07, 6.45) is 0. The molecule has 0 saturated carbocycles. The average Bonchev–Trinajstić information content (AvgIpc) is 2.77. The molecule has 0 spiro atoms. The molecule has 0 radical (unpaired) electrons. The number of benzene rings is 2. The summed E-state index contributed by atoms with van der Waals surface area (Å²) in [5.41, 5.74) is 2.82. The van der Waals surface area contributed by atoms with Crippen molar-refractivity contribution in [3.05, 3.63) is 69.8 Å². The van der Waals surface area contributed by atoms with Crippen LogP contribution in [-0.4, -0.2) is 65.8 Å². The van der Waals surface area contributed by atoms with Crippen molar-refractivity contribution in [1.29, 1.82) is 0 Å². The number of rotatable bonds is 7. The lowest BCUT2D eigenvalue weighted by atomic mass is 10.2. The smallest absolute Gasteiger partial charge is 0.313 e. The molecule has 0 aliphatic carbocycles. The lowest BCUT2D eigenvalue weighted by Gasteiger charge is -2.34. The molecule has 1 aliphatic rings. The first-order chi connectivity index (χ1) is 14.9. The molecule has 2 aromatic carbocycles. The fourth-order valence-corrected chi connectivity index (χ4v) is 3.38. The molecule has 2 aromatic rings. The fourth-order valence-electron chi connectivity index (χ4n) is 3.38. The first-order valence-electron chi connectivity index (χ1n) is 10.2. The molecule has 2 amide bonds. The van der Waals surface area contributed by atoms with Crippen LogP contribution in [0.15, 0.2) is 48.5 Å². The number of nitro groups is 1. The predicted molar refractivity (Wildman–Crippen MR) is 118 cm³/mol. The first-order valence-corrected chi connectivity index (χ1v) is 10.2. The van der Waals surface area contributed by atoms with Crippen LogP contribution < -0.4 is 10.6 Å². The standard InChI is InChI=1S/C22H27N5O4/c1-17-2-6-19(7-3-17)24-22(29)21(28)23-10-11-25-12-14-26(15-13-25)16-18-4-8-20(9-5-18)27(30)31/h2-9H,10-16H2,1H3,(H,23,28)(H,24,29). The molecule has 9 heteroatoms. The lowest BCUT2D eigenvalue weighted by Crippen LogP contribution is -2.48. The number of anilines is 1. The van der Waals surface area contributed by atoms with Gasteiger partial charge in [0.25, 0.3) is 5.69 Å². The maximum atomic E-state index is 12.0. The molecule has 2 N–H and O–H groups in total. The van der Waals surface area contributed by atoms with Gasteiger partial charge in [-0.3, -0.25) is 29.5 Å².